The molecular weight excluding hydrogens is 444 g/mol. The van der Waals surface area contributed by atoms with Gasteiger partial charge in [0.05, 0.1) is 11.9 Å². The molecule has 0 aromatic carbocycles. The van der Waals surface area contributed by atoms with Gasteiger partial charge in [0.2, 0.25) is 11.0 Å². The molecule has 1 aliphatic rings. The second kappa shape index (κ2) is 8.85. The van der Waals surface area contributed by atoms with Gasteiger partial charge in [-0.3, -0.25) is 4.72 Å². The number of hydrogen-bond acceptors (Lipinski definition) is 7. The number of pyridine rings is 2. The van der Waals surface area contributed by atoms with Crippen molar-refractivity contribution in [1.82, 2.24) is 14.9 Å². The van der Waals surface area contributed by atoms with Crippen LogP contribution in [0.25, 0.3) is 0 Å². The Bertz CT molecular complexity index is 1120. The van der Waals surface area contributed by atoms with Crippen molar-refractivity contribution in [2.45, 2.75) is 50.8 Å². The summed E-state index contributed by atoms with van der Waals surface area (Å²) < 4.78 is 60.5. The Hall–Kier alpha value is -3.02. The van der Waals surface area contributed by atoms with Crippen LogP contribution in [-0.4, -0.2) is 54.1 Å². The minimum Gasteiger partial charge on any atom is -0.444 e. The number of ether oxygens (including phenoxy) is 1. The number of carbonyl (C=O) groups excluding carboxylic acids is 1. The van der Waals surface area contributed by atoms with Gasteiger partial charge >= 0.3 is 6.09 Å². The van der Waals surface area contributed by atoms with Gasteiger partial charge in [-0.15, -0.1) is 0 Å². The molecule has 0 bridgehead atoms. The highest BCUT2D eigenvalue weighted by Gasteiger charge is 2.31. The Labute approximate surface area is 185 Å². The van der Waals surface area contributed by atoms with Gasteiger partial charge in [0.1, 0.15) is 11.4 Å². The molecule has 2 N–H and O–H groups in total. The first-order valence-corrected chi connectivity index (χ1v) is 11.4. The smallest absolute Gasteiger partial charge is 0.410 e. The van der Waals surface area contributed by atoms with Crippen LogP contribution in [0.2, 0.25) is 0 Å². The molecule has 0 spiro atoms. The summed E-state index contributed by atoms with van der Waals surface area (Å²) >= 11 is 0. The number of nitrogens with zero attached hydrogens (tertiary/aromatic N) is 3. The van der Waals surface area contributed by atoms with E-state index >= 15 is 0 Å². The SMILES string of the molecule is Cc1c(NC2CCN(C(=O)OC(C)(C)C)C2)cnc(S(=O)(=O)Nc2cccc(F)n2)c1F. The highest BCUT2D eigenvalue weighted by Crippen LogP contribution is 2.26. The minimum atomic E-state index is -4.43. The van der Waals surface area contributed by atoms with Gasteiger partial charge in [-0.05, 0) is 46.2 Å². The molecule has 1 aliphatic heterocycles. The van der Waals surface area contributed by atoms with Crippen molar-refractivity contribution in [2.24, 2.45) is 0 Å². The van der Waals surface area contributed by atoms with Crippen LogP contribution >= 0.6 is 0 Å². The number of nitrogens with one attached hydrogen (secondary N) is 2. The quantitative estimate of drug-likeness (QED) is 0.646. The molecule has 1 unspecified atom stereocenters. The first-order chi connectivity index (χ1) is 14.9. The van der Waals surface area contributed by atoms with E-state index in [0.717, 1.165) is 6.07 Å². The molecule has 1 atom stereocenters. The van der Waals surface area contributed by atoms with E-state index in [4.69, 9.17) is 4.74 Å². The molecule has 12 heteroatoms. The first kappa shape index (κ1) is 23.6. The molecule has 2 aromatic heterocycles. The normalized spacial score (nSPS) is 16.7. The number of amides is 1. The maximum absolute atomic E-state index is 14.9. The molecule has 2 aromatic rings. The summed E-state index contributed by atoms with van der Waals surface area (Å²) in [7, 11) is -4.43. The average molecular weight is 470 g/mol. The van der Waals surface area contributed by atoms with Gasteiger partial charge in [0.25, 0.3) is 10.0 Å². The fourth-order valence-corrected chi connectivity index (χ4v) is 4.20. The van der Waals surface area contributed by atoms with E-state index in [1.807, 2.05) is 4.72 Å². The predicted octanol–water partition coefficient (Wildman–Crippen LogP) is 3.29. The zero-order chi connectivity index (χ0) is 23.7. The number of aromatic nitrogens is 2. The lowest BCUT2D eigenvalue weighted by atomic mass is 10.2. The largest absolute Gasteiger partial charge is 0.444 e. The Morgan fingerprint density at radius 1 is 1.28 bits per heavy atom. The van der Waals surface area contributed by atoms with Crippen LogP contribution in [0.15, 0.2) is 29.4 Å². The number of rotatable bonds is 5. The molecular formula is C20H25F2N5O4S. The number of hydrogen-bond donors (Lipinski definition) is 2. The van der Waals surface area contributed by atoms with Gasteiger partial charge < -0.3 is 15.0 Å². The number of likely N-dealkylation sites (tertiary alicyclic amines) is 1. The lowest BCUT2D eigenvalue weighted by Gasteiger charge is -2.24. The van der Waals surface area contributed by atoms with Gasteiger partial charge in [0, 0.05) is 24.7 Å². The number of anilines is 2. The topological polar surface area (TPSA) is 114 Å². The van der Waals surface area contributed by atoms with E-state index in [-0.39, 0.29) is 17.4 Å². The third kappa shape index (κ3) is 5.61. The zero-order valence-corrected chi connectivity index (χ0v) is 19.0. The Morgan fingerprint density at radius 3 is 2.66 bits per heavy atom. The van der Waals surface area contributed by atoms with E-state index in [1.54, 1.807) is 25.7 Å². The average Bonchev–Trinajstić information content (AvgIpc) is 3.12. The highest BCUT2D eigenvalue weighted by molar-refractivity contribution is 7.92. The third-order valence-electron chi connectivity index (χ3n) is 4.64. The van der Waals surface area contributed by atoms with E-state index < -0.39 is 38.5 Å². The van der Waals surface area contributed by atoms with E-state index in [1.165, 1.54) is 25.3 Å². The number of halogens is 2. The van der Waals surface area contributed by atoms with Crippen molar-refractivity contribution in [3.05, 3.63) is 41.7 Å². The van der Waals surface area contributed by atoms with Crippen molar-refractivity contribution in [1.29, 1.82) is 0 Å². The third-order valence-corrected chi connectivity index (χ3v) is 5.91. The standard InChI is InChI=1S/C20H25F2N5O4S/c1-12-14(24-13-8-9-27(11-13)19(28)31-20(2,3)4)10-23-18(17(12)22)32(29,30)26-16-7-5-6-15(21)25-16/h5-7,10,13,24H,8-9,11H2,1-4H3,(H,25,26). The van der Waals surface area contributed by atoms with E-state index in [9.17, 15) is 22.0 Å². The summed E-state index contributed by atoms with van der Waals surface area (Å²) in [6, 6.07) is 3.37. The molecule has 9 nitrogen and oxygen atoms in total. The van der Waals surface area contributed by atoms with Crippen LogP contribution in [0.3, 0.4) is 0 Å². The van der Waals surface area contributed by atoms with Gasteiger partial charge in [-0.1, -0.05) is 6.07 Å². The summed E-state index contributed by atoms with van der Waals surface area (Å²) in [6.07, 6.45) is 1.39. The summed E-state index contributed by atoms with van der Waals surface area (Å²) in [4.78, 5) is 20.9. The molecule has 0 aliphatic carbocycles. The lowest BCUT2D eigenvalue weighted by molar-refractivity contribution is 0.0293. The van der Waals surface area contributed by atoms with Crippen molar-refractivity contribution in [3.8, 4) is 0 Å². The molecule has 174 valence electrons. The molecule has 0 radical (unpaired) electrons. The number of sulfonamides is 1. The predicted molar refractivity (Wildman–Crippen MR) is 114 cm³/mol. The maximum atomic E-state index is 14.9. The highest BCUT2D eigenvalue weighted by atomic mass is 32.2. The molecule has 3 heterocycles. The van der Waals surface area contributed by atoms with Crippen molar-refractivity contribution in [3.63, 3.8) is 0 Å². The van der Waals surface area contributed by atoms with Crippen LogP contribution in [0, 0.1) is 18.7 Å². The number of carbonyl (C=O) groups is 1. The van der Waals surface area contributed by atoms with E-state index in [0.29, 0.717) is 25.2 Å². The molecule has 1 saturated heterocycles. The van der Waals surface area contributed by atoms with Gasteiger partial charge in [0.15, 0.2) is 5.82 Å². The fraction of sp³-hybridized carbons (Fsp3) is 0.450. The van der Waals surface area contributed by atoms with Crippen LogP contribution in [-0.2, 0) is 14.8 Å². The Morgan fingerprint density at radius 2 is 2.00 bits per heavy atom. The monoisotopic (exact) mass is 469 g/mol. The fourth-order valence-electron chi connectivity index (χ4n) is 3.13. The summed E-state index contributed by atoms with van der Waals surface area (Å²) in [5.74, 6) is -2.22. The molecule has 3 rings (SSSR count). The summed E-state index contributed by atoms with van der Waals surface area (Å²) in [5, 5.41) is 2.28. The minimum absolute atomic E-state index is 0.0447. The van der Waals surface area contributed by atoms with Crippen molar-refractivity contribution < 1.29 is 26.7 Å². The second-order valence-corrected chi connectivity index (χ2v) is 10.0. The lowest BCUT2D eigenvalue weighted by Crippen LogP contribution is -2.36. The summed E-state index contributed by atoms with van der Waals surface area (Å²) in [5.41, 5.74) is -0.257. The Balaban J connectivity index is 1.72. The van der Waals surface area contributed by atoms with Crippen LogP contribution in [0.1, 0.15) is 32.8 Å². The van der Waals surface area contributed by atoms with Gasteiger partial charge in [-0.25, -0.2) is 19.2 Å². The van der Waals surface area contributed by atoms with Crippen molar-refractivity contribution in [2.75, 3.05) is 23.1 Å². The van der Waals surface area contributed by atoms with Gasteiger partial charge in [-0.2, -0.15) is 12.8 Å². The molecule has 32 heavy (non-hydrogen) atoms. The van der Waals surface area contributed by atoms with Crippen LogP contribution in [0.4, 0.5) is 25.1 Å². The first-order valence-electron chi connectivity index (χ1n) is 9.90. The van der Waals surface area contributed by atoms with Crippen LogP contribution in [0.5, 0.6) is 0 Å². The van der Waals surface area contributed by atoms with E-state index in [2.05, 4.69) is 15.3 Å². The van der Waals surface area contributed by atoms with Crippen LogP contribution < -0.4 is 10.0 Å². The zero-order valence-electron chi connectivity index (χ0n) is 18.1. The maximum Gasteiger partial charge on any atom is 0.410 e. The molecule has 1 fully saturated rings. The second-order valence-electron chi connectivity index (χ2n) is 8.42. The van der Waals surface area contributed by atoms with Crippen molar-refractivity contribution >= 4 is 27.6 Å². The Kier molecular flexibility index (Phi) is 6.54. The molecule has 0 saturated carbocycles. The molecule has 1 amide bonds. The summed E-state index contributed by atoms with van der Waals surface area (Å²) in [6.45, 7) is 7.58.